The molecule has 0 saturated heterocycles. The molecule has 27 heavy (non-hydrogen) atoms. The topological polar surface area (TPSA) is 84.5 Å². The lowest BCUT2D eigenvalue weighted by atomic mass is 9.97. The van der Waals surface area contributed by atoms with Gasteiger partial charge in [0.15, 0.2) is 0 Å². The van der Waals surface area contributed by atoms with Crippen LogP contribution in [-0.2, 0) is 14.8 Å². The number of nitrogens with one attached hydrogen (secondary N) is 2. The highest BCUT2D eigenvalue weighted by Gasteiger charge is 2.25. The molecule has 1 unspecified atom stereocenters. The first kappa shape index (κ1) is 20.9. The van der Waals surface area contributed by atoms with Gasteiger partial charge < -0.3 is 10.1 Å². The van der Waals surface area contributed by atoms with Crippen LogP contribution in [0.15, 0.2) is 47.4 Å². The highest BCUT2D eigenvalue weighted by molar-refractivity contribution is 7.89. The second-order valence-corrected chi connectivity index (χ2v) is 8.46. The second kappa shape index (κ2) is 8.54. The number of carbonyl (C=O) groups is 1. The van der Waals surface area contributed by atoms with E-state index in [1.807, 2.05) is 38.1 Å². The zero-order valence-corrected chi connectivity index (χ0v) is 17.1. The molecule has 2 N–H and O–H groups in total. The quantitative estimate of drug-likeness (QED) is 0.756. The first-order valence-electron chi connectivity index (χ1n) is 8.68. The maximum atomic E-state index is 13.1. The van der Waals surface area contributed by atoms with Gasteiger partial charge in [0.1, 0.15) is 5.75 Å². The van der Waals surface area contributed by atoms with Crippen LogP contribution in [0.2, 0.25) is 0 Å². The summed E-state index contributed by atoms with van der Waals surface area (Å²) in [5.41, 5.74) is 1.90. The Kier molecular flexibility index (Phi) is 6.62. The standard InChI is InChI=1S/C20H26N2O4S/c1-13(2)20(16-7-10-18(26-5)11-8-16)22-27(24,25)19-12-17(21-15(4)23)9-6-14(19)3/h6-13,20,22H,1-5H3,(H,21,23). The maximum Gasteiger partial charge on any atom is 0.241 e. The Morgan fingerprint density at radius 3 is 2.22 bits per heavy atom. The van der Waals surface area contributed by atoms with Crippen molar-refractivity contribution in [3.8, 4) is 5.75 Å². The summed E-state index contributed by atoms with van der Waals surface area (Å²) in [7, 11) is -2.20. The molecule has 0 aromatic heterocycles. The minimum Gasteiger partial charge on any atom is -0.497 e. The fourth-order valence-electron chi connectivity index (χ4n) is 2.80. The zero-order chi connectivity index (χ0) is 20.2. The van der Waals surface area contributed by atoms with Crippen molar-refractivity contribution in [2.75, 3.05) is 12.4 Å². The average Bonchev–Trinajstić information content (AvgIpc) is 2.61. The third-order valence-electron chi connectivity index (χ3n) is 4.22. The Hall–Kier alpha value is -2.38. The Morgan fingerprint density at radius 1 is 1.07 bits per heavy atom. The third-order valence-corrected chi connectivity index (χ3v) is 5.80. The molecule has 0 fully saturated rings. The van der Waals surface area contributed by atoms with E-state index in [0.29, 0.717) is 17.0 Å². The van der Waals surface area contributed by atoms with E-state index in [-0.39, 0.29) is 16.7 Å². The number of sulfonamides is 1. The first-order chi connectivity index (χ1) is 12.6. The van der Waals surface area contributed by atoms with Crippen LogP contribution in [-0.4, -0.2) is 21.4 Å². The Bertz CT molecular complexity index is 906. The summed E-state index contributed by atoms with van der Waals surface area (Å²) in [6.45, 7) is 7.02. The van der Waals surface area contributed by atoms with E-state index in [9.17, 15) is 13.2 Å². The predicted molar refractivity (Wildman–Crippen MR) is 106 cm³/mol. The van der Waals surface area contributed by atoms with Crippen molar-refractivity contribution >= 4 is 21.6 Å². The zero-order valence-electron chi connectivity index (χ0n) is 16.2. The number of hydrogen-bond acceptors (Lipinski definition) is 4. The van der Waals surface area contributed by atoms with Crippen LogP contribution in [0.1, 0.15) is 37.9 Å². The van der Waals surface area contributed by atoms with E-state index < -0.39 is 16.1 Å². The summed E-state index contributed by atoms with van der Waals surface area (Å²) < 4.78 is 34.1. The van der Waals surface area contributed by atoms with Crippen molar-refractivity contribution < 1.29 is 17.9 Å². The van der Waals surface area contributed by atoms with Crippen LogP contribution < -0.4 is 14.8 Å². The number of carbonyl (C=O) groups excluding carboxylic acids is 1. The molecule has 0 bridgehead atoms. The van der Waals surface area contributed by atoms with Crippen molar-refractivity contribution in [1.82, 2.24) is 4.72 Å². The van der Waals surface area contributed by atoms with Gasteiger partial charge in [-0.05, 0) is 48.2 Å². The minimum atomic E-state index is -3.79. The molecular weight excluding hydrogens is 364 g/mol. The van der Waals surface area contributed by atoms with Crippen molar-refractivity contribution in [2.24, 2.45) is 5.92 Å². The van der Waals surface area contributed by atoms with Gasteiger partial charge in [-0.25, -0.2) is 13.1 Å². The minimum absolute atomic E-state index is 0.0343. The molecular formula is C20H26N2O4S. The lowest BCUT2D eigenvalue weighted by molar-refractivity contribution is -0.114. The number of ether oxygens (including phenoxy) is 1. The third kappa shape index (κ3) is 5.30. The van der Waals surface area contributed by atoms with E-state index in [4.69, 9.17) is 4.74 Å². The highest BCUT2D eigenvalue weighted by atomic mass is 32.2. The number of anilines is 1. The number of hydrogen-bond donors (Lipinski definition) is 2. The molecule has 1 atom stereocenters. The van der Waals surface area contributed by atoms with Crippen molar-refractivity contribution in [3.05, 3.63) is 53.6 Å². The van der Waals surface area contributed by atoms with Gasteiger partial charge in [-0.3, -0.25) is 4.79 Å². The van der Waals surface area contributed by atoms with Gasteiger partial charge in [0.05, 0.1) is 12.0 Å². The molecule has 0 heterocycles. The van der Waals surface area contributed by atoms with Crippen LogP contribution in [0.25, 0.3) is 0 Å². The van der Waals surface area contributed by atoms with Crippen LogP contribution in [0.5, 0.6) is 5.75 Å². The predicted octanol–water partition coefficient (Wildman–Crippen LogP) is 3.64. The van der Waals surface area contributed by atoms with Gasteiger partial charge in [0.2, 0.25) is 15.9 Å². The molecule has 2 rings (SSSR count). The van der Waals surface area contributed by atoms with Gasteiger partial charge in [0.25, 0.3) is 0 Å². The number of benzene rings is 2. The van der Waals surface area contributed by atoms with E-state index >= 15 is 0 Å². The fourth-order valence-corrected chi connectivity index (χ4v) is 4.45. The molecule has 0 aliphatic carbocycles. The normalized spacial score (nSPS) is 12.7. The molecule has 0 aliphatic rings. The van der Waals surface area contributed by atoms with E-state index in [0.717, 1.165) is 5.56 Å². The Labute approximate surface area is 161 Å². The van der Waals surface area contributed by atoms with Crippen molar-refractivity contribution in [2.45, 2.75) is 38.6 Å². The molecule has 6 nitrogen and oxygen atoms in total. The largest absolute Gasteiger partial charge is 0.497 e. The highest BCUT2D eigenvalue weighted by Crippen LogP contribution is 2.28. The lowest BCUT2D eigenvalue weighted by Gasteiger charge is -2.23. The summed E-state index contributed by atoms with van der Waals surface area (Å²) in [6.07, 6.45) is 0. The van der Waals surface area contributed by atoms with Gasteiger partial charge in [-0.1, -0.05) is 32.0 Å². The summed E-state index contributed by atoms with van der Waals surface area (Å²) in [5.74, 6) is 0.489. The number of aryl methyl sites for hydroxylation is 1. The number of amides is 1. The van der Waals surface area contributed by atoms with E-state index in [1.54, 1.807) is 26.2 Å². The average molecular weight is 391 g/mol. The van der Waals surface area contributed by atoms with Gasteiger partial charge in [-0.15, -0.1) is 0 Å². The summed E-state index contributed by atoms with van der Waals surface area (Å²) in [4.78, 5) is 11.4. The van der Waals surface area contributed by atoms with Gasteiger partial charge >= 0.3 is 0 Å². The SMILES string of the molecule is COc1ccc(C(NS(=O)(=O)c2cc(NC(C)=O)ccc2C)C(C)C)cc1. The van der Waals surface area contributed by atoms with Crippen LogP contribution in [0, 0.1) is 12.8 Å². The smallest absolute Gasteiger partial charge is 0.241 e. The molecule has 0 aliphatic heterocycles. The van der Waals surface area contributed by atoms with Crippen LogP contribution >= 0.6 is 0 Å². The Balaban J connectivity index is 2.37. The lowest BCUT2D eigenvalue weighted by Crippen LogP contribution is -2.32. The molecule has 1 amide bonds. The molecule has 0 radical (unpaired) electrons. The second-order valence-electron chi connectivity index (χ2n) is 6.78. The molecule has 0 spiro atoms. The van der Waals surface area contributed by atoms with Crippen molar-refractivity contribution in [1.29, 1.82) is 0 Å². The number of methoxy groups -OCH3 is 1. The van der Waals surface area contributed by atoms with Crippen molar-refractivity contribution in [3.63, 3.8) is 0 Å². The molecule has 146 valence electrons. The summed E-state index contributed by atoms with van der Waals surface area (Å²) >= 11 is 0. The van der Waals surface area contributed by atoms with Gasteiger partial charge in [0, 0.05) is 18.7 Å². The van der Waals surface area contributed by atoms with E-state index in [2.05, 4.69) is 10.0 Å². The summed E-state index contributed by atoms with van der Waals surface area (Å²) in [6, 6.07) is 11.8. The molecule has 0 saturated carbocycles. The van der Waals surface area contributed by atoms with Crippen LogP contribution in [0.3, 0.4) is 0 Å². The first-order valence-corrected chi connectivity index (χ1v) is 10.2. The molecule has 2 aromatic rings. The Morgan fingerprint density at radius 2 is 1.70 bits per heavy atom. The monoisotopic (exact) mass is 390 g/mol. The van der Waals surface area contributed by atoms with Crippen LogP contribution in [0.4, 0.5) is 5.69 Å². The van der Waals surface area contributed by atoms with Gasteiger partial charge in [-0.2, -0.15) is 0 Å². The molecule has 2 aromatic carbocycles. The summed E-state index contributed by atoms with van der Waals surface area (Å²) in [5, 5.41) is 2.62. The maximum absolute atomic E-state index is 13.1. The fraction of sp³-hybridized carbons (Fsp3) is 0.350. The van der Waals surface area contributed by atoms with E-state index in [1.165, 1.54) is 13.0 Å². The number of rotatable bonds is 7. The molecule has 7 heteroatoms.